The minimum Gasteiger partial charge on any atom is -0.237 e. The molecule has 0 fully saturated rings. The monoisotopic (exact) mass is 444 g/mol. The Hall–Kier alpha value is -2.19. The van der Waals surface area contributed by atoms with E-state index in [4.69, 9.17) is 9.97 Å². The van der Waals surface area contributed by atoms with Gasteiger partial charge < -0.3 is 0 Å². The van der Waals surface area contributed by atoms with E-state index in [1.807, 2.05) is 31.5 Å². The van der Waals surface area contributed by atoms with Gasteiger partial charge in [-0.05, 0) is 37.6 Å². The summed E-state index contributed by atoms with van der Waals surface area (Å²) in [7, 11) is 0. The lowest BCUT2D eigenvalue weighted by molar-refractivity contribution is 0.493. The smallest absolute Gasteiger partial charge is 0.161 e. The Morgan fingerprint density at radius 2 is 1.80 bits per heavy atom. The highest BCUT2D eigenvalue weighted by Gasteiger charge is 2.28. The molecule has 0 radical (unpaired) electrons. The number of hydrogen-bond donors (Lipinski definition) is 0. The number of aromatic nitrogens is 4. The van der Waals surface area contributed by atoms with E-state index in [1.165, 1.54) is 6.07 Å². The zero-order valence-corrected chi connectivity index (χ0v) is 19.1. The molecule has 4 aromatic rings. The molecular weight excluding hydrogens is 422 g/mol. The summed E-state index contributed by atoms with van der Waals surface area (Å²) in [5, 5.41) is 3.62. The Morgan fingerprint density at radius 1 is 1.07 bits per heavy atom. The van der Waals surface area contributed by atoms with Gasteiger partial charge in [0.05, 0.1) is 16.9 Å². The lowest BCUT2D eigenvalue weighted by Crippen LogP contribution is -2.25. The number of halogens is 2. The van der Waals surface area contributed by atoms with E-state index in [0.717, 1.165) is 33.5 Å². The first-order valence-electron chi connectivity index (χ1n) is 9.60. The number of thiophene rings is 1. The Morgan fingerprint density at radius 3 is 2.53 bits per heavy atom. The molecular formula is C22H22F2N4S2. The molecule has 0 aliphatic heterocycles. The Labute approximate surface area is 182 Å². The van der Waals surface area contributed by atoms with E-state index in [0.29, 0.717) is 23.1 Å². The zero-order valence-electron chi connectivity index (χ0n) is 17.5. The molecule has 0 bridgehead atoms. The molecule has 3 heterocycles. The van der Waals surface area contributed by atoms with Crippen molar-refractivity contribution in [2.45, 2.75) is 44.8 Å². The first-order valence-corrected chi connectivity index (χ1v) is 11.8. The van der Waals surface area contributed by atoms with Gasteiger partial charge in [0.15, 0.2) is 11.6 Å². The van der Waals surface area contributed by atoms with Gasteiger partial charge in [0.1, 0.15) is 16.5 Å². The fourth-order valence-corrected chi connectivity index (χ4v) is 4.87. The van der Waals surface area contributed by atoms with Crippen LogP contribution in [-0.2, 0) is 11.8 Å². The summed E-state index contributed by atoms with van der Waals surface area (Å²) in [6, 6.07) is 4.40. The van der Waals surface area contributed by atoms with Crippen LogP contribution in [0.3, 0.4) is 0 Å². The van der Waals surface area contributed by atoms with Crippen LogP contribution in [0.5, 0.6) is 0 Å². The van der Waals surface area contributed by atoms with Crippen molar-refractivity contribution in [1.82, 2.24) is 19.9 Å². The van der Waals surface area contributed by atoms with Crippen LogP contribution in [0.4, 0.5) is 8.78 Å². The van der Waals surface area contributed by atoms with Gasteiger partial charge in [0.25, 0.3) is 0 Å². The third-order valence-electron chi connectivity index (χ3n) is 5.23. The maximum absolute atomic E-state index is 13.9. The molecule has 30 heavy (non-hydrogen) atoms. The normalized spacial score (nSPS) is 13.3. The van der Waals surface area contributed by atoms with Crippen molar-refractivity contribution in [2.75, 3.05) is 6.26 Å². The first kappa shape index (κ1) is 21.1. The van der Waals surface area contributed by atoms with Crippen LogP contribution < -0.4 is 0 Å². The molecule has 0 saturated heterocycles. The van der Waals surface area contributed by atoms with Crippen LogP contribution in [0, 0.1) is 18.6 Å². The predicted molar refractivity (Wildman–Crippen MR) is 120 cm³/mol. The van der Waals surface area contributed by atoms with Crippen molar-refractivity contribution in [2.24, 2.45) is 0 Å². The van der Waals surface area contributed by atoms with Crippen molar-refractivity contribution >= 4 is 44.2 Å². The van der Waals surface area contributed by atoms with Gasteiger partial charge in [-0.15, -0.1) is 11.3 Å². The third kappa shape index (κ3) is 3.78. The number of aryl methyl sites for hydroxylation is 1. The maximum atomic E-state index is 13.9. The van der Waals surface area contributed by atoms with Crippen LogP contribution in [-0.4, -0.2) is 26.2 Å². The minimum atomic E-state index is -0.902. The van der Waals surface area contributed by atoms with E-state index < -0.39 is 11.6 Å². The fourth-order valence-electron chi connectivity index (χ4n) is 3.65. The van der Waals surface area contributed by atoms with E-state index in [1.54, 1.807) is 23.1 Å². The molecule has 0 saturated carbocycles. The molecule has 0 N–H and O–H groups in total. The number of nitrogens with zero attached hydrogens (tertiary/aromatic N) is 4. The number of benzene rings is 1. The lowest BCUT2D eigenvalue weighted by Gasteiger charge is -2.25. The summed E-state index contributed by atoms with van der Waals surface area (Å²) in [5.74, 6) is -0.471. The van der Waals surface area contributed by atoms with Crippen molar-refractivity contribution in [3.8, 4) is 0 Å². The molecule has 156 valence electrons. The van der Waals surface area contributed by atoms with Gasteiger partial charge in [-0.2, -0.15) is 11.8 Å². The number of fused-ring (bicyclic) bond motifs is 2. The highest BCUT2D eigenvalue weighted by atomic mass is 32.2. The first-order chi connectivity index (χ1) is 14.2. The van der Waals surface area contributed by atoms with Crippen LogP contribution in [0.15, 0.2) is 23.6 Å². The van der Waals surface area contributed by atoms with Gasteiger partial charge in [0, 0.05) is 33.9 Å². The summed E-state index contributed by atoms with van der Waals surface area (Å²) >= 11 is 3.20. The van der Waals surface area contributed by atoms with Crippen molar-refractivity contribution in [3.05, 3.63) is 58.3 Å². The summed E-state index contributed by atoms with van der Waals surface area (Å²) in [5.41, 5.74) is 1.71. The second-order valence-electron chi connectivity index (χ2n) is 8.01. The fraction of sp³-hybridized carbons (Fsp3) is 0.364. The second kappa shape index (κ2) is 7.81. The quantitative estimate of drug-likeness (QED) is 0.369. The molecule has 3 aromatic heterocycles. The van der Waals surface area contributed by atoms with E-state index in [-0.39, 0.29) is 10.7 Å². The highest BCUT2D eigenvalue weighted by molar-refractivity contribution is 7.98. The average Bonchev–Trinajstić information content (AvgIpc) is 3.15. The molecule has 4 nitrogen and oxygen atoms in total. The van der Waals surface area contributed by atoms with Crippen molar-refractivity contribution < 1.29 is 8.78 Å². The molecule has 1 unspecified atom stereocenters. The summed E-state index contributed by atoms with van der Waals surface area (Å²) < 4.78 is 27.8. The molecule has 1 atom stereocenters. The largest absolute Gasteiger partial charge is 0.237 e. The molecule has 0 aliphatic rings. The average molecular weight is 445 g/mol. The van der Waals surface area contributed by atoms with E-state index in [2.05, 4.69) is 23.8 Å². The molecule has 1 aromatic carbocycles. The number of rotatable bonds is 5. The van der Waals surface area contributed by atoms with Crippen molar-refractivity contribution in [3.63, 3.8) is 0 Å². The molecule has 0 aliphatic carbocycles. The maximum Gasteiger partial charge on any atom is 0.161 e. The van der Waals surface area contributed by atoms with Gasteiger partial charge >= 0.3 is 0 Å². The predicted octanol–water partition coefficient (Wildman–Crippen LogP) is 6.17. The molecule has 4 rings (SSSR count). The van der Waals surface area contributed by atoms with Crippen LogP contribution in [0.2, 0.25) is 0 Å². The van der Waals surface area contributed by atoms with Crippen LogP contribution in [0.1, 0.15) is 49.1 Å². The Kier molecular flexibility index (Phi) is 5.48. The van der Waals surface area contributed by atoms with Gasteiger partial charge in [-0.3, -0.25) is 0 Å². The standard InChI is InChI=1S/C22H22F2N4S2/c1-11(29-5)19-14-8-15(23)16(24)9-17(14)27-18(28-19)10-22(3,4)20-13-6-7-30-21(13)26-12(2)25-20/h6-9,11H,10H2,1-5H3. The SMILES string of the molecule is CSC(C)c1nc(CC(C)(C)c2nc(C)nc3sccc23)nc2cc(F)c(F)cc12. The zero-order chi connectivity index (χ0) is 21.6. The van der Waals surface area contributed by atoms with Crippen LogP contribution in [0.25, 0.3) is 21.1 Å². The Balaban J connectivity index is 1.84. The molecule has 0 spiro atoms. The van der Waals surface area contributed by atoms with Gasteiger partial charge in [0.2, 0.25) is 0 Å². The van der Waals surface area contributed by atoms with Crippen LogP contribution >= 0.6 is 23.1 Å². The third-order valence-corrected chi connectivity index (χ3v) is 6.97. The van der Waals surface area contributed by atoms with Gasteiger partial charge in [-0.1, -0.05) is 13.8 Å². The van der Waals surface area contributed by atoms with Gasteiger partial charge in [-0.25, -0.2) is 28.7 Å². The van der Waals surface area contributed by atoms with Crippen molar-refractivity contribution in [1.29, 1.82) is 0 Å². The summed E-state index contributed by atoms with van der Waals surface area (Å²) in [6.45, 7) is 8.09. The highest BCUT2D eigenvalue weighted by Crippen LogP contribution is 2.35. The summed E-state index contributed by atoms with van der Waals surface area (Å²) in [6.07, 6.45) is 2.48. The Bertz CT molecular complexity index is 1250. The second-order valence-corrected chi connectivity index (χ2v) is 10.1. The topological polar surface area (TPSA) is 51.6 Å². The van der Waals surface area contributed by atoms with E-state index in [9.17, 15) is 8.78 Å². The minimum absolute atomic E-state index is 0.0205. The molecule has 8 heteroatoms. The summed E-state index contributed by atoms with van der Waals surface area (Å²) in [4.78, 5) is 19.6. The number of hydrogen-bond acceptors (Lipinski definition) is 6. The lowest BCUT2D eigenvalue weighted by atomic mass is 9.83. The van der Waals surface area contributed by atoms with E-state index >= 15 is 0 Å². The molecule has 0 amide bonds. The number of thioether (sulfide) groups is 1.